The lowest BCUT2D eigenvalue weighted by Gasteiger charge is -2.40. The molecule has 0 radical (unpaired) electrons. The van der Waals surface area contributed by atoms with Crippen LogP contribution in [0.2, 0.25) is 0 Å². The molecule has 3 rings (SSSR count). The Hall–Kier alpha value is -1.62. The molecular formula is C19H29N3O2. The maximum absolute atomic E-state index is 12.9. The summed E-state index contributed by atoms with van der Waals surface area (Å²) in [6.07, 6.45) is 7.73. The topological polar surface area (TPSA) is 56.7 Å². The summed E-state index contributed by atoms with van der Waals surface area (Å²) in [6, 6.07) is 4.40. The monoisotopic (exact) mass is 331 g/mol. The van der Waals surface area contributed by atoms with E-state index in [2.05, 4.69) is 26.9 Å². The molecule has 5 nitrogen and oxygen atoms in total. The Labute approximate surface area is 144 Å². The van der Waals surface area contributed by atoms with Crippen LogP contribution in [0.5, 0.6) is 0 Å². The molecule has 1 amide bonds. The molecule has 3 heterocycles. The van der Waals surface area contributed by atoms with Crippen molar-refractivity contribution in [1.29, 1.82) is 0 Å². The highest BCUT2D eigenvalue weighted by atomic mass is 16.3. The number of aliphatic hydroxyl groups excluding tert-OH is 1. The highest BCUT2D eigenvalue weighted by Crippen LogP contribution is 2.27. The summed E-state index contributed by atoms with van der Waals surface area (Å²) >= 11 is 0. The van der Waals surface area contributed by atoms with Crippen molar-refractivity contribution in [3.05, 3.63) is 23.9 Å². The summed E-state index contributed by atoms with van der Waals surface area (Å²) in [6.45, 7) is 4.87. The fraction of sp³-hybridized carbons (Fsp3) is 0.684. The Morgan fingerprint density at radius 1 is 1.21 bits per heavy atom. The van der Waals surface area contributed by atoms with Crippen molar-refractivity contribution >= 4 is 11.7 Å². The zero-order chi connectivity index (χ0) is 16.9. The third kappa shape index (κ3) is 3.89. The van der Waals surface area contributed by atoms with Gasteiger partial charge in [-0.3, -0.25) is 4.79 Å². The van der Waals surface area contributed by atoms with Gasteiger partial charge in [-0.1, -0.05) is 6.07 Å². The maximum atomic E-state index is 12.9. The van der Waals surface area contributed by atoms with Gasteiger partial charge in [0.05, 0.1) is 0 Å². The highest BCUT2D eigenvalue weighted by molar-refractivity contribution is 5.79. The number of likely N-dealkylation sites (tertiary alicyclic amines) is 1. The van der Waals surface area contributed by atoms with Crippen LogP contribution in [-0.4, -0.2) is 53.2 Å². The molecule has 2 aliphatic heterocycles. The minimum Gasteiger partial charge on any atom is -0.396 e. The molecular weight excluding hydrogens is 302 g/mol. The van der Waals surface area contributed by atoms with Crippen LogP contribution in [0.25, 0.3) is 0 Å². The van der Waals surface area contributed by atoms with Gasteiger partial charge in [0.15, 0.2) is 0 Å². The Morgan fingerprint density at radius 2 is 2.00 bits per heavy atom. The second-order valence-electron chi connectivity index (χ2n) is 7.15. The number of aryl methyl sites for hydroxylation is 1. The molecule has 1 atom stereocenters. The number of carbonyl (C=O) groups is 1. The summed E-state index contributed by atoms with van der Waals surface area (Å²) in [4.78, 5) is 21.8. The third-order valence-corrected chi connectivity index (χ3v) is 5.44. The first kappa shape index (κ1) is 17.2. The highest BCUT2D eigenvalue weighted by Gasteiger charge is 2.33. The van der Waals surface area contributed by atoms with Crippen LogP contribution in [0.15, 0.2) is 18.3 Å². The fourth-order valence-corrected chi connectivity index (χ4v) is 3.98. The van der Waals surface area contributed by atoms with Crippen molar-refractivity contribution in [1.82, 2.24) is 9.88 Å². The summed E-state index contributed by atoms with van der Waals surface area (Å²) in [5, 5.41) is 9.26. The first-order valence-corrected chi connectivity index (χ1v) is 9.28. The van der Waals surface area contributed by atoms with Crippen molar-refractivity contribution in [2.45, 2.75) is 51.5 Å². The van der Waals surface area contributed by atoms with Crippen LogP contribution in [0.1, 0.15) is 44.1 Å². The molecule has 2 fully saturated rings. The van der Waals surface area contributed by atoms with Crippen molar-refractivity contribution in [3.63, 3.8) is 0 Å². The van der Waals surface area contributed by atoms with Crippen LogP contribution in [-0.2, 0) is 4.79 Å². The molecule has 0 spiro atoms. The number of nitrogens with zero attached hydrogens (tertiary/aromatic N) is 3. The number of carbonyl (C=O) groups excluding carboxylic acids is 1. The molecule has 2 saturated heterocycles. The second-order valence-corrected chi connectivity index (χ2v) is 7.15. The van der Waals surface area contributed by atoms with Gasteiger partial charge in [-0.25, -0.2) is 4.98 Å². The summed E-state index contributed by atoms with van der Waals surface area (Å²) in [5.74, 6) is 1.46. The molecule has 0 aliphatic carbocycles. The lowest BCUT2D eigenvalue weighted by Crippen LogP contribution is -2.49. The number of aliphatic hydroxyl groups is 1. The van der Waals surface area contributed by atoms with Gasteiger partial charge in [0, 0.05) is 44.4 Å². The number of hydrogen-bond acceptors (Lipinski definition) is 4. The van der Waals surface area contributed by atoms with Crippen molar-refractivity contribution < 1.29 is 9.90 Å². The Bertz CT molecular complexity index is 536. The van der Waals surface area contributed by atoms with Crippen LogP contribution in [0.3, 0.4) is 0 Å². The first-order chi connectivity index (χ1) is 11.7. The van der Waals surface area contributed by atoms with E-state index in [4.69, 9.17) is 0 Å². The zero-order valence-electron chi connectivity index (χ0n) is 14.7. The van der Waals surface area contributed by atoms with Crippen LogP contribution in [0.4, 0.5) is 5.82 Å². The van der Waals surface area contributed by atoms with Gasteiger partial charge in [-0.05, 0) is 57.1 Å². The minimum atomic E-state index is 0.131. The average Bonchev–Trinajstić information content (AvgIpc) is 2.63. The van der Waals surface area contributed by atoms with Gasteiger partial charge in [-0.15, -0.1) is 0 Å². The molecule has 2 aliphatic rings. The van der Waals surface area contributed by atoms with Crippen molar-refractivity contribution in [2.75, 3.05) is 31.1 Å². The van der Waals surface area contributed by atoms with E-state index in [-0.39, 0.29) is 18.6 Å². The van der Waals surface area contributed by atoms with Crippen LogP contribution >= 0.6 is 0 Å². The molecule has 1 aromatic rings. The molecule has 0 saturated carbocycles. The predicted molar refractivity (Wildman–Crippen MR) is 95.0 cm³/mol. The molecule has 132 valence electrons. The summed E-state index contributed by atoms with van der Waals surface area (Å²) < 4.78 is 0. The van der Waals surface area contributed by atoms with E-state index < -0.39 is 0 Å². The number of anilines is 1. The van der Waals surface area contributed by atoms with E-state index in [0.717, 1.165) is 57.6 Å². The first-order valence-electron chi connectivity index (χ1n) is 9.28. The van der Waals surface area contributed by atoms with E-state index in [9.17, 15) is 9.90 Å². The number of amides is 1. The van der Waals surface area contributed by atoms with Gasteiger partial charge in [0.1, 0.15) is 5.82 Å². The molecule has 0 aromatic carbocycles. The molecule has 5 heteroatoms. The number of piperidine rings is 2. The molecule has 24 heavy (non-hydrogen) atoms. The van der Waals surface area contributed by atoms with E-state index in [1.165, 1.54) is 12.0 Å². The average molecular weight is 331 g/mol. The largest absolute Gasteiger partial charge is 0.396 e. The summed E-state index contributed by atoms with van der Waals surface area (Å²) in [7, 11) is 0. The number of hydrogen-bond donors (Lipinski definition) is 1. The van der Waals surface area contributed by atoms with E-state index in [1.54, 1.807) is 0 Å². The Kier molecular flexibility index (Phi) is 5.72. The predicted octanol–water partition coefficient (Wildman–Crippen LogP) is 2.37. The molecule has 1 aromatic heterocycles. The molecule has 1 N–H and O–H groups in total. The number of pyridine rings is 1. The van der Waals surface area contributed by atoms with Gasteiger partial charge < -0.3 is 14.9 Å². The van der Waals surface area contributed by atoms with Crippen molar-refractivity contribution in [3.8, 4) is 0 Å². The maximum Gasteiger partial charge on any atom is 0.226 e. The van der Waals surface area contributed by atoms with Gasteiger partial charge in [0.2, 0.25) is 5.91 Å². The number of rotatable bonds is 4. The van der Waals surface area contributed by atoms with E-state index >= 15 is 0 Å². The molecule has 1 unspecified atom stereocenters. The SMILES string of the molecule is Cc1ccc(N2CCC(C(=O)N3CCCCC3CCO)CC2)nc1. The van der Waals surface area contributed by atoms with E-state index in [1.807, 2.05) is 13.1 Å². The normalized spacial score (nSPS) is 22.7. The van der Waals surface area contributed by atoms with Gasteiger partial charge in [0.25, 0.3) is 0 Å². The van der Waals surface area contributed by atoms with Crippen LogP contribution in [0, 0.1) is 12.8 Å². The quantitative estimate of drug-likeness (QED) is 0.920. The van der Waals surface area contributed by atoms with Gasteiger partial charge in [-0.2, -0.15) is 0 Å². The van der Waals surface area contributed by atoms with E-state index in [0.29, 0.717) is 5.91 Å². The smallest absolute Gasteiger partial charge is 0.226 e. The summed E-state index contributed by atoms with van der Waals surface area (Å²) in [5.41, 5.74) is 1.17. The Morgan fingerprint density at radius 3 is 2.67 bits per heavy atom. The van der Waals surface area contributed by atoms with Gasteiger partial charge >= 0.3 is 0 Å². The minimum absolute atomic E-state index is 0.131. The van der Waals surface area contributed by atoms with Crippen molar-refractivity contribution in [2.24, 2.45) is 5.92 Å². The Balaban J connectivity index is 1.57. The standard InChI is InChI=1S/C19H29N3O2/c1-15-5-6-18(20-14-15)21-11-7-16(8-12-21)19(24)22-10-3-2-4-17(22)9-13-23/h5-6,14,16-17,23H,2-4,7-13H2,1H3. The lowest BCUT2D eigenvalue weighted by atomic mass is 9.92. The zero-order valence-corrected chi connectivity index (χ0v) is 14.7. The second kappa shape index (κ2) is 7.97. The molecule has 0 bridgehead atoms. The number of aromatic nitrogens is 1. The fourth-order valence-electron chi connectivity index (χ4n) is 3.98. The van der Waals surface area contributed by atoms with Crippen LogP contribution < -0.4 is 4.90 Å². The lowest BCUT2D eigenvalue weighted by molar-refractivity contribution is -0.140. The third-order valence-electron chi connectivity index (χ3n) is 5.44.